The van der Waals surface area contributed by atoms with Gasteiger partial charge in [0.15, 0.2) is 0 Å². The van der Waals surface area contributed by atoms with Gasteiger partial charge in [-0.3, -0.25) is 0 Å². The lowest BCUT2D eigenvalue weighted by Crippen LogP contribution is -2.43. The maximum Gasteiger partial charge on any atom is 0.246 e. The molecule has 0 bridgehead atoms. The van der Waals surface area contributed by atoms with Crippen LogP contribution in [0.5, 0.6) is 0 Å². The topological polar surface area (TPSA) is 57.6 Å². The SMILES string of the molecule is CC(C)(C)N1C(O)c2cc(F)ccc2S1(=O)=O. The van der Waals surface area contributed by atoms with Gasteiger partial charge in [-0.1, -0.05) is 0 Å². The minimum atomic E-state index is -3.75. The van der Waals surface area contributed by atoms with Crippen LogP contribution in [0.25, 0.3) is 0 Å². The first kappa shape index (κ1) is 12.5. The Morgan fingerprint density at radius 1 is 1.35 bits per heavy atom. The average molecular weight is 259 g/mol. The lowest BCUT2D eigenvalue weighted by Gasteiger charge is -2.32. The van der Waals surface area contributed by atoms with Crippen LogP contribution < -0.4 is 0 Å². The van der Waals surface area contributed by atoms with Crippen LogP contribution in [-0.2, 0) is 10.0 Å². The van der Waals surface area contributed by atoms with Crippen molar-refractivity contribution in [2.24, 2.45) is 0 Å². The second-order valence-electron chi connectivity index (χ2n) is 5.03. The van der Waals surface area contributed by atoms with Gasteiger partial charge in [-0.2, -0.15) is 4.31 Å². The van der Waals surface area contributed by atoms with E-state index in [0.29, 0.717) is 0 Å². The van der Waals surface area contributed by atoms with E-state index in [1.165, 1.54) is 6.07 Å². The molecular weight excluding hydrogens is 245 g/mol. The van der Waals surface area contributed by atoms with Crippen molar-refractivity contribution >= 4 is 10.0 Å². The van der Waals surface area contributed by atoms with Crippen molar-refractivity contribution in [3.8, 4) is 0 Å². The highest BCUT2D eigenvalue weighted by Crippen LogP contribution is 2.42. The monoisotopic (exact) mass is 259 g/mol. The molecule has 0 saturated carbocycles. The molecule has 17 heavy (non-hydrogen) atoms. The number of nitrogens with zero attached hydrogens (tertiary/aromatic N) is 1. The summed E-state index contributed by atoms with van der Waals surface area (Å²) in [5.74, 6) is -0.561. The zero-order chi connectivity index (χ0) is 13.0. The number of benzene rings is 1. The summed E-state index contributed by atoms with van der Waals surface area (Å²) in [6.07, 6.45) is -1.33. The summed E-state index contributed by atoms with van der Waals surface area (Å²) >= 11 is 0. The first-order valence-electron chi connectivity index (χ1n) is 5.18. The first-order chi connectivity index (χ1) is 7.65. The summed E-state index contributed by atoms with van der Waals surface area (Å²) in [6.45, 7) is 5.03. The molecule has 1 aromatic rings. The number of hydrogen-bond acceptors (Lipinski definition) is 3. The van der Waals surface area contributed by atoms with Gasteiger partial charge in [0, 0.05) is 11.1 Å². The number of rotatable bonds is 0. The number of halogens is 1. The number of sulfonamides is 1. The average Bonchev–Trinajstić information content (AvgIpc) is 2.32. The van der Waals surface area contributed by atoms with E-state index in [4.69, 9.17) is 0 Å². The molecule has 0 spiro atoms. The van der Waals surface area contributed by atoms with Gasteiger partial charge in [-0.15, -0.1) is 0 Å². The molecule has 0 aliphatic carbocycles. The molecule has 0 saturated heterocycles. The molecule has 2 rings (SSSR count). The van der Waals surface area contributed by atoms with Gasteiger partial charge >= 0.3 is 0 Å². The van der Waals surface area contributed by atoms with Gasteiger partial charge in [0.1, 0.15) is 12.0 Å². The predicted octanol–water partition coefficient (Wildman–Crippen LogP) is 1.62. The molecule has 1 aliphatic rings. The Hall–Kier alpha value is -0.980. The summed E-state index contributed by atoms with van der Waals surface area (Å²) in [4.78, 5) is -0.0266. The molecule has 6 heteroatoms. The van der Waals surface area contributed by atoms with Crippen LogP contribution in [0.1, 0.15) is 32.6 Å². The quantitative estimate of drug-likeness (QED) is 0.770. The Balaban J connectivity index is 2.69. The molecule has 1 N–H and O–H groups in total. The van der Waals surface area contributed by atoms with Gasteiger partial charge in [-0.25, -0.2) is 12.8 Å². The Morgan fingerprint density at radius 2 is 1.94 bits per heavy atom. The second kappa shape index (κ2) is 3.51. The zero-order valence-electron chi connectivity index (χ0n) is 9.81. The molecule has 1 aromatic carbocycles. The highest BCUT2D eigenvalue weighted by molar-refractivity contribution is 7.89. The fourth-order valence-corrected chi connectivity index (χ4v) is 4.06. The van der Waals surface area contributed by atoms with Crippen LogP contribution in [-0.4, -0.2) is 23.4 Å². The summed E-state index contributed by atoms with van der Waals surface area (Å²) in [5.41, 5.74) is -0.673. The van der Waals surface area contributed by atoms with E-state index >= 15 is 0 Å². The van der Waals surface area contributed by atoms with Crippen LogP contribution in [0.4, 0.5) is 4.39 Å². The van der Waals surface area contributed by atoms with Crippen molar-refractivity contribution in [2.45, 2.75) is 37.4 Å². The normalized spacial score (nSPS) is 23.7. The van der Waals surface area contributed by atoms with Gasteiger partial charge < -0.3 is 5.11 Å². The summed E-state index contributed by atoms with van der Waals surface area (Å²) < 4.78 is 38.5. The third kappa shape index (κ3) is 1.76. The van der Waals surface area contributed by atoms with Crippen molar-refractivity contribution in [2.75, 3.05) is 0 Å². The molecule has 4 nitrogen and oxygen atoms in total. The molecule has 1 atom stereocenters. The molecule has 0 fully saturated rings. The van der Waals surface area contributed by atoms with Crippen LogP contribution in [0, 0.1) is 5.82 Å². The Morgan fingerprint density at radius 3 is 2.47 bits per heavy atom. The Labute approximate surface area is 99.7 Å². The predicted molar refractivity (Wildman–Crippen MR) is 60.1 cm³/mol. The minimum absolute atomic E-state index is 0.0266. The van der Waals surface area contributed by atoms with Gasteiger partial charge in [0.25, 0.3) is 0 Å². The first-order valence-corrected chi connectivity index (χ1v) is 6.62. The molecule has 0 radical (unpaired) electrons. The fourth-order valence-electron chi connectivity index (χ4n) is 2.05. The summed E-state index contributed by atoms with van der Waals surface area (Å²) in [5, 5.41) is 10.0. The van der Waals surface area contributed by atoms with Crippen molar-refractivity contribution in [1.29, 1.82) is 0 Å². The van der Waals surface area contributed by atoms with E-state index in [9.17, 15) is 17.9 Å². The van der Waals surface area contributed by atoms with E-state index < -0.39 is 27.6 Å². The number of aliphatic hydroxyl groups is 1. The van der Waals surface area contributed by atoms with Gasteiger partial charge in [0.2, 0.25) is 10.0 Å². The summed E-state index contributed by atoms with van der Waals surface area (Å²) in [7, 11) is -3.75. The lowest BCUT2D eigenvalue weighted by molar-refractivity contribution is 0.0206. The smallest absolute Gasteiger partial charge is 0.246 e. The van der Waals surface area contributed by atoms with Gasteiger partial charge in [-0.05, 0) is 39.0 Å². The van der Waals surface area contributed by atoms with Crippen molar-refractivity contribution in [3.63, 3.8) is 0 Å². The molecule has 0 aromatic heterocycles. The van der Waals surface area contributed by atoms with Crippen LogP contribution in [0.3, 0.4) is 0 Å². The highest BCUT2D eigenvalue weighted by atomic mass is 32.2. The van der Waals surface area contributed by atoms with Crippen molar-refractivity contribution in [1.82, 2.24) is 4.31 Å². The third-order valence-corrected chi connectivity index (χ3v) is 4.86. The van der Waals surface area contributed by atoms with Crippen LogP contribution in [0.2, 0.25) is 0 Å². The highest BCUT2D eigenvalue weighted by Gasteiger charge is 2.47. The molecular formula is C11H14FNO3S. The Bertz CT molecular complexity index is 563. The third-order valence-electron chi connectivity index (χ3n) is 2.67. The van der Waals surface area contributed by atoms with E-state index in [2.05, 4.69) is 0 Å². The molecule has 1 unspecified atom stereocenters. The maximum absolute atomic E-state index is 13.1. The largest absolute Gasteiger partial charge is 0.373 e. The zero-order valence-corrected chi connectivity index (χ0v) is 10.6. The fraction of sp³-hybridized carbons (Fsp3) is 0.455. The van der Waals surface area contributed by atoms with E-state index in [1.54, 1.807) is 20.8 Å². The molecule has 1 aliphatic heterocycles. The second-order valence-corrected chi connectivity index (χ2v) is 6.81. The molecule has 94 valence electrons. The Kier molecular flexibility index (Phi) is 2.57. The maximum atomic E-state index is 13.1. The van der Waals surface area contributed by atoms with E-state index in [1.807, 2.05) is 0 Å². The lowest BCUT2D eigenvalue weighted by atomic mass is 10.1. The number of hydrogen-bond donors (Lipinski definition) is 1. The number of fused-ring (bicyclic) bond motifs is 1. The van der Waals surface area contributed by atoms with Crippen LogP contribution in [0.15, 0.2) is 23.1 Å². The molecule has 1 heterocycles. The van der Waals surface area contributed by atoms with E-state index in [-0.39, 0.29) is 10.5 Å². The minimum Gasteiger partial charge on any atom is -0.373 e. The van der Waals surface area contributed by atoms with E-state index in [0.717, 1.165) is 16.4 Å². The van der Waals surface area contributed by atoms with Crippen molar-refractivity contribution < 1.29 is 17.9 Å². The number of aliphatic hydroxyl groups excluding tert-OH is 1. The summed E-state index contributed by atoms with van der Waals surface area (Å²) in [6, 6.07) is 3.33. The van der Waals surface area contributed by atoms with Gasteiger partial charge in [0.05, 0.1) is 4.90 Å². The molecule has 0 amide bonds. The van der Waals surface area contributed by atoms with Crippen LogP contribution >= 0.6 is 0 Å². The standard InChI is InChI=1S/C11H14FNO3S/c1-11(2,3)13-10(14)8-6-7(12)4-5-9(8)17(13,15)16/h4-6,10,14H,1-3H3. The van der Waals surface area contributed by atoms with Crippen molar-refractivity contribution in [3.05, 3.63) is 29.6 Å².